The van der Waals surface area contributed by atoms with Gasteiger partial charge in [0.05, 0.1) is 22.6 Å². The van der Waals surface area contributed by atoms with Gasteiger partial charge in [-0.1, -0.05) is 35.3 Å². The van der Waals surface area contributed by atoms with Gasteiger partial charge >= 0.3 is 0 Å². The van der Waals surface area contributed by atoms with Crippen LogP contribution >= 0.6 is 35.0 Å². The molecule has 2 aromatic carbocycles. The quantitative estimate of drug-likeness (QED) is 0.337. The van der Waals surface area contributed by atoms with Crippen LogP contribution in [-0.2, 0) is 4.79 Å². The van der Waals surface area contributed by atoms with Crippen molar-refractivity contribution in [1.82, 2.24) is 5.43 Å². The number of hydrazone groups is 1. The number of ether oxygens (including phenoxy) is 1. The van der Waals surface area contributed by atoms with E-state index >= 15 is 0 Å². The van der Waals surface area contributed by atoms with E-state index in [9.17, 15) is 4.79 Å². The van der Waals surface area contributed by atoms with Crippen LogP contribution in [-0.4, -0.2) is 24.2 Å². The number of amides is 1. The van der Waals surface area contributed by atoms with Crippen LogP contribution in [0.4, 0.5) is 11.4 Å². The molecule has 3 aromatic rings. The van der Waals surface area contributed by atoms with Crippen LogP contribution in [0, 0.1) is 0 Å². The number of anilines is 2. The van der Waals surface area contributed by atoms with E-state index in [1.54, 1.807) is 18.2 Å². The molecule has 10 heteroatoms. The fourth-order valence-corrected chi connectivity index (χ4v) is 3.99. The van der Waals surface area contributed by atoms with Gasteiger partial charge in [-0.15, -0.1) is 0 Å². The van der Waals surface area contributed by atoms with Crippen molar-refractivity contribution >= 4 is 58.5 Å². The molecule has 0 bridgehead atoms. The van der Waals surface area contributed by atoms with Gasteiger partial charge in [0.2, 0.25) is 0 Å². The summed E-state index contributed by atoms with van der Waals surface area (Å²) in [6.07, 6.45) is 1.42. The number of rotatable bonds is 7. The normalized spacial score (nSPS) is 13.0. The Balaban J connectivity index is 1.23. The lowest BCUT2D eigenvalue weighted by Crippen LogP contribution is -2.24. The van der Waals surface area contributed by atoms with Gasteiger partial charge in [-0.3, -0.25) is 4.79 Å². The number of hydrogen-bond donors (Lipinski definition) is 3. The Morgan fingerprint density at radius 3 is 2.67 bits per heavy atom. The average Bonchev–Trinajstić information content (AvgIpc) is 3.33. The minimum absolute atomic E-state index is 0.0325. The Morgan fingerprint density at radius 2 is 1.93 bits per heavy atom. The average molecular weight is 463 g/mol. The van der Waals surface area contributed by atoms with Crippen molar-refractivity contribution in [3.05, 3.63) is 70.4 Å². The standard InChI is InChI=1S/C20H16Cl2N4O3S/c21-12-5-7-17(14(22)9-12)28-11-18(27)26-23-10-13-6-8-19(29-13)30-20-24-15-3-1-2-4-16(15)25-20/h1-10,20,24-25H,11H2,(H,26,27)/b23-10-. The number of benzene rings is 2. The second-order valence-corrected chi connectivity index (χ2v) is 8.10. The molecule has 0 saturated heterocycles. The molecular weight excluding hydrogens is 447 g/mol. The first-order valence-electron chi connectivity index (χ1n) is 8.85. The summed E-state index contributed by atoms with van der Waals surface area (Å²) in [7, 11) is 0. The van der Waals surface area contributed by atoms with Gasteiger partial charge in [-0.25, -0.2) is 5.43 Å². The molecule has 0 unspecified atom stereocenters. The van der Waals surface area contributed by atoms with Crippen molar-refractivity contribution in [2.45, 2.75) is 10.6 Å². The molecule has 0 aliphatic carbocycles. The topological polar surface area (TPSA) is 87.9 Å². The summed E-state index contributed by atoms with van der Waals surface area (Å²) < 4.78 is 11.0. The van der Waals surface area contributed by atoms with E-state index in [0.29, 0.717) is 26.6 Å². The highest BCUT2D eigenvalue weighted by Crippen LogP contribution is 2.35. The first-order chi connectivity index (χ1) is 14.6. The van der Waals surface area contributed by atoms with E-state index in [0.717, 1.165) is 11.4 Å². The van der Waals surface area contributed by atoms with E-state index in [1.807, 2.05) is 30.3 Å². The minimum Gasteiger partial charge on any atom is -0.482 e. The molecule has 1 aromatic heterocycles. The lowest BCUT2D eigenvalue weighted by atomic mass is 10.3. The van der Waals surface area contributed by atoms with Crippen molar-refractivity contribution < 1.29 is 13.9 Å². The Kier molecular flexibility index (Phi) is 6.37. The van der Waals surface area contributed by atoms with E-state index in [4.69, 9.17) is 32.4 Å². The molecule has 1 aliphatic heterocycles. The van der Waals surface area contributed by atoms with Crippen LogP contribution in [0.1, 0.15) is 5.76 Å². The minimum atomic E-state index is -0.435. The lowest BCUT2D eigenvalue weighted by Gasteiger charge is -2.09. The highest BCUT2D eigenvalue weighted by atomic mass is 35.5. The maximum absolute atomic E-state index is 11.9. The molecule has 0 spiro atoms. The number of hydrogen-bond acceptors (Lipinski definition) is 7. The Hall–Kier alpha value is -2.81. The van der Waals surface area contributed by atoms with Crippen LogP contribution in [0.5, 0.6) is 5.75 Å². The lowest BCUT2D eigenvalue weighted by molar-refractivity contribution is -0.123. The largest absolute Gasteiger partial charge is 0.482 e. The maximum Gasteiger partial charge on any atom is 0.277 e. The molecule has 0 atom stereocenters. The molecule has 1 amide bonds. The Bertz CT molecular complexity index is 1060. The van der Waals surface area contributed by atoms with E-state index in [1.165, 1.54) is 24.0 Å². The molecule has 0 saturated carbocycles. The number of carbonyl (C=O) groups is 1. The predicted octanol–water partition coefficient (Wildman–Crippen LogP) is 5.03. The van der Waals surface area contributed by atoms with Gasteiger partial charge in [-0.05, 0) is 54.2 Å². The summed E-state index contributed by atoms with van der Waals surface area (Å²) in [6, 6.07) is 16.3. The Labute approximate surface area is 186 Å². The molecule has 1 aliphatic rings. The van der Waals surface area contributed by atoms with Gasteiger partial charge in [0.25, 0.3) is 5.91 Å². The van der Waals surface area contributed by atoms with Gasteiger partial charge in [-0.2, -0.15) is 5.10 Å². The number of nitrogens with one attached hydrogen (secondary N) is 3. The Morgan fingerprint density at radius 1 is 1.17 bits per heavy atom. The number of nitrogens with zero attached hydrogens (tertiary/aromatic N) is 1. The van der Waals surface area contributed by atoms with E-state index in [2.05, 4.69) is 21.2 Å². The second kappa shape index (κ2) is 9.34. The van der Waals surface area contributed by atoms with Crippen LogP contribution in [0.15, 0.2) is 69.2 Å². The zero-order valence-corrected chi connectivity index (χ0v) is 17.7. The van der Waals surface area contributed by atoms with E-state index < -0.39 is 5.91 Å². The molecule has 0 radical (unpaired) electrons. The van der Waals surface area contributed by atoms with Gasteiger partial charge in [0.15, 0.2) is 17.2 Å². The zero-order chi connectivity index (χ0) is 20.9. The number of fused-ring (bicyclic) bond motifs is 1. The molecule has 2 heterocycles. The zero-order valence-electron chi connectivity index (χ0n) is 15.4. The smallest absolute Gasteiger partial charge is 0.277 e. The van der Waals surface area contributed by atoms with Crippen molar-refractivity contribution in [3.8, 4) is 5.75 Å². The molecule has 0 fully saturated rings. The van der Waals surface area contributed by atoms with Crippen molar-refractivity contribution in [3.63, 3.8) is 0 Å². The maximum atomic E-state index is 11.9. The van der Waals surface area contributed by atoms with Crippen molar-refractivity contribution in [1.29, 1.82) is 0 Å². The summed E-state index contributed by atoms with van der Waals surface area (Å²) in [5.74, 6) is 0.440. The SMILES string of the molecule is O=C(COc1ccc(Cl)cc1Cl)N/N=C\c1ccc(SC2Nc3ccccc3N2)o1. The van der Waals surface area contributed by atoms with Gasteiger partial charge in [0, 0.05) is 5.02 Å². The number of carbonyl (C=O) groups excluding carboxylic acids is 1. The van der Waals surface area contributed by atoms with Crippen LogP contribution in [0.3, 0.4) is 0 Å². The molecule has 3 N–H and O–H groups in total. The number of thioether (sulfide) groups is 1. The van der Waals surface area contributed by atoms with Gasteiger partial charge < -0.3 is 19.8 Å². The highest BCUT2D eigenvalue weighted by molar-refractivity contribution is 8.00. The van der Waals surface area contributed by atoms with Crippen LogP contribution < -0.4 is 20.8 Å². The van der Waals surface area contributed by atoms with Crippen molar-refractivity contribution in [2.24, 2.45) is 5.10 Å². The molecule has 154 valence electrons. The van der Waals surface area contributed by atoms with Crippen LogP contribution in [0.2, 0.25) is 10.0 Å². The first kappa shape index (κ1) is 20.5. The fraction of sp³-hybridized carbons (Fsp3) is 0.100. The summed E-state index contributed by atoms with van der Waals surface area (Å²) in [4.78, 5) is 11.9. The monoisotopic (exact) mass is 462 g/mol. The molecule has 4 rings (SSSR count). The molecular formula is C20H16Cl2N4O3S. The summed E-state index contributed by atoms with van der Waals surface area (Å²) in [5, 5.41) is 12.1. The van der Waals surface area contributed by atoms with E-state index in [-0.39, 0.29) is 12.1 Å². The summed E-state index contributed by atoms with van der Waals surface area (Å²) in [5.41, 5.74) is 4.44. The highest BCUT2D eigenvalue weighted by Gasteiger charge is 2.20. The molecule has 7 nitrogen and oxygen atoms in total. The van der Waals surface area contributed by atoms with Gasteiger partial charge in [0.1, 0.15) is 11.5 Å². The second-order valence-electron chi connectivity index (χ2n) is 6.15. The third kappa shape index (κ3) is 5.21. The molecule has 30 heavy (non-hydrogen) atoms. The number of halogens is 2. The number of furan rings is 1. The third-order valence-electron chi connectivity index (χ3n) is 3.97. The third-order valence-corrected chi connectivity index (χ3v) is 5.42. The first-order valence-corrected chi connectivity index (χ1v) is 10.5. The summed E-state index contributed by atoms with van der Waals surface area (Å²) >= 11 is 13.3. The predicted molar refractivity (Wildman–Crippen MR) is 120 cm³/mol. The number of para-hydroxylation sites is 2. The summed E-state index contributed by atoms with van der Waals surface area (Å²) in [6.45, 7) is -0.239. The van der Waals surface area contributed by atoms with Crippen molar-refractivity contribution in [2.75, 3.05) is 17.2 Å². The van der Waals surface area contributed by atoms with Crippen LogP contribution in [0.25, 0.3) is 0 Å². The fourth-order valence-electron chi connectivity index (χ4n) is 2.63.